The summed E-state index contributed by atoms with van der Waals surface area (Å²) in [6.07, 6.45) is 0.378. The van der Waals surface area contributed by atoms with Crippen molar-refractivity contribution in [2.45, 2.75) is 19.3 Å². The maximum Gasteiger partial charge on any atom is 0.274 e. The minimum atomic E-state index is -0.587. The highest BCUT2D eigenvalue weighted by atomic mass is 16.5. The number of carbonyl (C=O) groups is 2. The summed E-state index contributed by atoms with van der Waals surface area (Å²) in [7, 11) is 0. The van der Waals surface area contributed by atoms with Crippen LogP contribution >= 0.6 is 0 Å². The molecule has 0 bridgehead atoms. The van der Waals surface area contributed by atoms with Crippen molar-refractivity contribution in [3.8, 4) is 0 Å². The molecule has 1 atom stereocenters. The molecule has 0 spiro atoms. The van der Waals surface area contributed by atoms with E-state index in [9.17, 15) is 9.59 Å². The van der Waals surface area contributed by atoms with Gasteiger partial charge >= 0.3 is 0 Å². The first-order valence-electron chi connectivity index (χ1n) is 6.99. The van der Waals surface area contributed by atoms with Crippen LogP contribution in [0, 0.1) is 0 Å². The highest BCUT2D eigenvalue weighted by Crippen LogP contribution is 2.19. The van der Waals surface area contributed by atoms with Gasteiger partial charge in [0, 0.05) is 17.7 Å². The molecule has 0 aliphatic rings. The van der Waals surface area contributed by atoms with Crippen molar-refractivity contribution in [1.82, 2.24) is 5.48 Å². The third kappa shape index (κ3) is 4.17. The molecule has 2 aromatic carbocycles. The number of nitrogens with one attached hydrogen (secondary N) is 2. The molecule has 0 saturated heterocycles. The summed E-state index contributed by atoms with van der Waals surface area (Å²) in [6.45, 7) is 2.00. The monoisotopic (exact) mass is 298 g/mol. The Labute approximate surface area is 128 Å². The predicted octanol–water partition coefficient (Wildman–Crippen LogP) is 2.94. The SMILES string of the molecule is C[C@@H](CC(=O)Nc1ccc(C(=O)NO)cc1)c1ccccc1. The maximum atomic E-state index is 12.0. The first-order chi connectivity index (χ1) is 10.6. The zero-order chi connectivity index (χ0) is 15.9. The number of hydrogen-bond donors (Lipinski definition) is 3. The van der Waals surface area contributed by atoms with E-state index in [-0.39, 0.29) is 11.8 Å². The molecule has 2 aromatic rings. The van der Waals surface area contributed by atoms with Crippen molar-refractivity contribution in [2.24, 2.45) is 0 Å². The largest absolute Gasteiger partial charge is 0.326 e. The molecule has 0 aliphatic heterocycles. The summed E-state index contributed by atoms with van der Waals surface area (Å²) >= 11 is 0. The maximum absolute atomic E-state index is 12.0. The summed E-state index contributed by atoms with van der Waals surface area (Å²) in [6, 6.07) is 16.2. The van der Waals surface area contributed by atoms with E-state index in [4.69, 9.17) is 5.21 Å². The normalized spacial score (nSPS) is 11.5. The second-order valence-electron chi connectivity index (χ2n) is 5.08. The Morgan fingerprint density at radius 2 is 1.68 bits per heavy atom. The fourth-order valence-corrected chi connectivity index (χ4v) is 2.16. The van der Waals surface area contributed by atoms with Crippen LogP contribution in [0.3, 0.4) is 0 Å². The summed E-state index contributed by atoms with van der Waals surface area (Å²) in [5, 5.41) is 11.3. The molecular formula is C17H18N2O3. The Balaban J connectivity index is 1.93. The van der Waals surface area contributed by atoms with Gasteiger partial charge in [0.2, 0.25) is 5.91 Å². The molecule has 0 radical (unpaired) electrons. The number of carbonyl (C=O) groups excluding carboxylic acids is 2. The molecular weight excluding hydrogens is 280 g/mol. The lowest BCUT2D eigenvalue weighted by Gasteiger charge is -2.12. The number of hydrogen-bond acceptors (Lipinski definition) is 3. The molecule has 0 heterocycles. The average molecular weight is 298 g/mol. The van der Waals surface area contributed by atoms with Gasteiger partial charge in [0.1, 0.15) is 0 Å². The van der Waals surface area contributed by atoms with Crippen LogP contribution in [0.4, 0.5) is 5.69 Å². The van der Waals surface area contributed by atoms with Crippen molar-refractivity contribution < 1.29 is 14.8 Å². The van der Waals surface area contributed by atoms with Gasteiger partial charge in [-0.25, -0.2) is 5.48 Å². The number of benzene rings is 2. The molecule has 0 fully saturated rings. The van der Waals surface area contributed by atoms with Gasteiger partial charge in [-0.15, -0.1) is 0 Å². The summed E-state index contributed by atoms with van der Waals surface area (Å²) < 4.78 is 0. The standard InChI is InChI=1S/C17H18N2O3/c1-12(13-5-3-2-4-6-13)11-16(20)18-15-9-7-14(8-10-15)17(21)19-22/h2-10,12,22H,11H2,1H3,(H,18,20)(H,19,21)/t12-/m0/s1. The molecule has 0 aliphatic carbocycles. The zero-order valence-corrected chi connectivity index (χ0v) is 12.2. The predicted molar refractivity (Wildman–Crippen MR) is 83.8 cm³/mol. The van der Waals surface area contributed by atoms with E-state index in [0.29, 0.717) is 17.7 Å². The number of rotatable bonds is 5. The Morgan fingerprint density at radius 1 is 1.05 bits per heavy atom. The highest BCUT2D eigenvalue weighted by Gasteiger charge is 2.11. The number of amides is 2. The van der Waals surface area contributed by atoms with E-state index in [2.05, 4.69) is 5.32 Å². The molecule has 2 amide bonds. The van der Waals surface area contributed by atoms with Crippen molar-refractivity contribution >= 4 is 17.5 Å². The van der Waals surface area contributed by atoms with E-state index in [1.54, 1.807) is 17.6 Å². The third-order valence-electron chi connectivity index (χ3n) is 3.39. The lowest BCUT2D eigenvalue weighted by molar-refractivity contribution is -0.116. The molecule has 22 heavy (non-hydrogen) atoms. The molecule has 2 rings (SSSR count). The molecule has 114 valence electrons. The first-order valence-corrected chi connectivity index (χ1v) is 6.99. The topological polar surface area (TPSA) is 78.4 Å². The van der Waals surface area contributed by atoms with Gasteiger partial charge in [0.05, 0.1) is 0 Å². The van der Waals surface area contributed by atoms with E-state index >= 15 is 0 Å². The van der Waals surface area contributed by atoms with Crippen LogP contribution in [-0.2, 0) is 4.79 Å². The fourth-order valence-electron chi connectivity index (χ4n) is 2.16. The Hall–Kier alpha value is -2.66. The molecule has 0 aromatic heterocycles. The summed E-state index contributed by atoms with van der Waals surface area (Å²) in [5.74, 6) is -0.549. The first kappa shape index (κ1) is 15.7. The second kappa shape index (κ2) is 7.38. The van der Waals surface area contributed by atoms with Gasteiger partial charge in [-0.3, -0.25) is 14.8 Å². The number of hydroxylamine groups is 1. The summed E-state index contributed by atoms with van der Waals surface area (Å²) in [5.41, 5.74) is 3.61. The van der Waals surface area contributed by atoms with Crippen LogP contribution in [0.15, 0.2) is 54.6 Å². The quantitative estimate of drug-likeness (QED) is 0.586. The Kier molecular flexibility index (Phi) is 5.27. The van der Waals surface area contributed by atoms with Crippen molar-refractivity contribution in [1.29, 1.82) is 0 Å². The van der Waals surface area contributed by atoms with Crippen LogP contribution < -0.4 is 10.8 Å². The van der Waals surface area contributed by atoms with Crippen molar-refractivity contribution in [3.63, 3.8) is 0 Å². The molecule has 3 N–H and O–H groups in total. The third-order valence-corrected chi connectivity index (χ3v) is 3.39. The van der Waals surface area contributed by atoms with Crippen molar-refractivity contribution in [2.75, 3.05) is 5.32 Å². The van der Waals surface area contributed by atoms with Gasteiger partial charge in [-0.2, -0.15) is 0 Å². The summed E-state index contributed by atoms with van der Waals surface area (Å²) in [4.78, 5) is 23.2. The smallest absolute Gasteiger partial charge is 0.274 e. The minimum absolute atomic E-state index is 0.0873. The average Bonchev–Trinajstić information content (AvgIpc) is 2.55. The van der Waals surface area contributed by atoms with Crippen LogP contribution in [0.5, 0.6) is 0 Å². The Bertz CT molecular complexity index is 639. The minimum Gasteiger partial charge on any atom is -0.326 e. The van der Waals surface area contributed by atoms with Crippen molar-refractivity contribution in [3.05, 3.63) is 65.7 Å². The van der Waals surface area contributed by atoms with E-state index < -0.39 is 5.91 Å². The number of anilines is 1. The van der Waals surface area contributed by atoms with E-state index in [0.717, 1.165) is 5.56 Å². The molecule has 0 unspecified atom stereocenters. The molecule has 5 nitrogen and oxygen atoms in total. The lowest BCUT2D eigenvalue weighted by Crippen LogP contribution is -2.18. The fraction of sp³-hybridized carbons (Fsp3) is 0.176. The van der Waals surface area contributed by atoms with Gasteiger partial charge in [0.25, 0.3) is 5.91 Å². The molecule has 5 heteroatoms. The highest BCUT2D eigenvalue weighted by molar-refractivity contribution is 5.95. The second-order valence-corrected chi connectivity index (χ2v) is 5.08. The van der Waals surface area contributed by atoms with Gasteiger partial charge in [-0.1, -0.05) is 37.3 Å². The van der Waals surface area contributed by atoms with Gasteiger partial charge in [0.15, 0.2) is 0 Å². The van der Waals surface area contributed by atoms with Crippen LogP contribution in [-0.4, -0.2) is 17.0 Å². The zero-order valence-electron chi connectivity index (χ0n) is 12.2. The van der Waals surface area contributed by atoms with E-state index in [1.165, 1.54) is 12.1 Å². The van der Waals surface area contributed by atoms with Gasteiger partial charge in [-0.05, 0) is 35.7 Å². The van der Waals surface area contributed by atoms with Crippen LogP contribution in [0.1, 0.15) is 35.2 Å². The van der Waals surface area contributed by atoms with E-state index in [1.807, 2.05) is 37.3 Å². The van der Waals surface area contributed by atoms with Crippen LogP contribution in [0.25, 0.3) is 0 Å². The van der Waals surface area contributed by atoms with Crippen LogP contribution in [0.2, 0.25) is 0 Å². The lowest BCUT2D eigenvalue weighted by atomic mass is 9.97. The Morgan fingerprint density at radius 3 is 2.27 bits per heavy atom. The van der Waals surface area contributed by atoms with Gasteiger partial charge < -0.3 is 5.32 Å². The molecule has 0 saturated carbocycles.